The molecule has 1 aliphatic rings. The predicted octanol–water partition coefficient (Wildman–Crippen LogP) is 1.41. The number of fused-ring (bicyclic) bond motifs is 1. The maximum absolute atomic E-state index is 12.2. The number of hydrogen-bond donors (Lipinski definition) is 0. The lowest BCUT2D eigenvalue weighted by molar-refractivity contribution is 0.246. The number of piperazine rings is 1. The van der Waals surface area contributed by atoms with Crippen LogP contribution in [0.5, 0.6) is 0 Å². The van der Waals surface area contributed by atoms with Gasteiger partial charge in [0.1, 0.15) is 11.5 Å². The molecule has 24 heavy (non-hydrogen) atoms. The van der Waals surface area contributed by atoms with Gasteiger partial charge in [0.2, 0.25) is 0 Å². The smallest absolute Gasteiger partial charge is 0.258 e. The maximum Gasteiger partial charge on any atom is 0.258 e. The third-order valence-electron chi connectivity index (χ3n) is 4.36. The number of nitrogens with zero attached hydrogens (tertiary/aromatic N) is 5. The van der Waals surface area contributed by atoms with Crippen molar-refractivity contribution in [2.24, 2.45) is 0 Å². The van der Waals surface area contributed by atoms with Gasteiger partial charge in [-0.3, -0.25) is 14.1 Å². The minimum Gasteiger partial charge on any atom is -0.354 e. The fraction of sp³-hybridized carbons (Fsp3) is 0.278. The van der Waals surface area contributed by atoms with Crippen LogP contribution < -0.4 is 10.5 Å². The Morgan fingerprint density at radius 1 is 1.00 bits per heavy atom. The minimum absolute atomic E-state index is 0.0253. The van der Waals surface area contributed by atoms with Crippen LogP contribution >= 0.6 is 0 Å². The van der Waals surface area contributed by atoms with E-state index in [1.54, 1.807) is 16.7 Å². The largest absolute Gasteiger partial charge is 0.354 e. The van der Waals surface area contributed by atoms with E-state index in [0.29, 0.717) is 12.2 Å². The Morgan fingerprint density at radius 2 is 1.83 bits per heavy atom. The van der Waals surface area contributed by atoms with Crippen molar-refractivity contribution in [3.63, 3.8) is 0 Å². The summed E-state index contributed by atoms with van der Waals surface area (Å²) >= 11 is 0. The topological polar surface area (TPSA) is 53.7 Å². The highest BCUT2D eigenvalue weighted by Gasteiger charge is 2.18. The van der Waals surface area contributed by atoms with E-state index in [9.17, 15) is 4.79 Å². The summed E-state index contributed by atoms with van der Waals surface area (Å²) in [6.45, 7) is 4.45. The van der Waals surface area contributed by atoms with Crippen molar-refractivity contribution in [1.29, 1.82) is 0 Å². The summed E-state index contributed by atoms with van der Waals surface area (Å²) in [6.07, 6.45) is 3.58. The molecular weight excluding hydrogens is 302 g/mol. The molecule has 6 heteroatoms. The Kier molecular flexibility index (Phi) is 3.96. The highest BCUT2D eigenvalue weighted by Crippen LogP contribution is 2.13. The second kappa shape index (κ2) is 6.41. The van der Waals surface area contributed by atoms with Crippen molar-refractivity contribution in [2.45, 2.75) is 6.54 Å². The van der Waals surface area contributed by atoms with Gasteiger partial charge in [-0.15, -0.1) is 0 Å². The molecule has 0 atom stereocenters. The Bertz CT molecular complexity index is 885. The minimum atomic E-state index is -0.0253. The number of pyridine rings is 2. The van der Waals surface area contributed by atoms with E-state index in [-0.39, 0.29) is 5.56 Å². The molecule has 0 spiro atoms. The van der Waals surface area contributed by atoms with E-state index in [1.807, 2.05) is 42.6 Å². The number of aromatic nitrogens is 3. The highest BCUT2D eigenvalue weighted by molar-refractivity contribution is 5.39. The lowest BCUT2D eigenvalue weighted by Gasteiger charge is -2.35. The summed E-state index contributed by atoms with van der Waals surface area (Å²) < 4.78 is 1.57. The molecule has 6 nitrogen and oxygen atoms in total. The van der Waals surface area contributed by atoms with E-state index in [0.717, 1.165) is 37.7 Å². The van der Waals surface area contributed by atoms with Crippen LogP contribution in [0.4, 0.5) is 5.82 Å². The molecule has 0 saturated carbocycles. The van der Waals surface area contributed by atoms with Crippen molar-refractivity contribution < 1.29 is 0 Å². The van der Waals surface area contributed by atoms with E-state index in [1.165, 1.54) is 0 Å². The molecule has 0 N–H and O–H groups in total. The van der Waals surface area contributed by atoms with Gasteiger partial charge in [0.15, 0.2) is 0 Å². The van der Waals surface area contributed by atoms with Crippen LogP contribution in [-0.2, 0) is 6.54 Å². The zero-order chi connectivity index (χ0) is 16.4. The van der Waals surface area contributed by atoms with Crippen LogP contribution in [0.1, 0.15) is 5.69 Å². The van der Waals surface area contributed by atoms with Gasteiger partial charge in [-0.1, -0.05) is 12.1 Å². The number of anilines is 1. The van der Waals surface area contributed by atoms with E-state index in [2.05, 4.69) is 19.8 Å². The first-order chi connectivity index (χ1) is 11.8. The van der Waals surface area contributed by atoms with Crippen molar-refractivity contribution in [1.82, 2.24) is 19.3 Å². The van der Waals surface area contributed by atoms with E-state index >= 15 is 0 Å². The van der Waals surface area contributed by atoms with Gasteiger partial charge < -0.3 is 4.90 Å². The molecule has 0 aliphatic carbocycles. The van der Waals surface area contributed by atoms with Crippen LogP contribution in [0.2, 0.25) is 0 Å². The summed E-state index contributed by atoms with van der Waals surface area (Å²) in [7, 11) is 0. The summed E-state index contributed by atoms with van der Waals surface area (Å²) in [4.78, 5) is 25.8. The van der Waals surface area contributed by atoms with Crippen LogP contribution in [0, 0.1) is 0 Å². The monoisotopic (exact) mass is 321 g/mol. The Labute approximate surface area is 140 Å². The Hall–Kier alpha value is -2.73. The van der Waals surface area contributed by atoms with E-state index in [4.69, 9.17) is 0 Å². The third kappa shape index (κ3) is 3.00. The van der Waals surface area contributed by atoms with Crippen molar-refractivity contribution >= 4 is 11.5 Å². The summed E-state index contributed by atoms with van der Waals surface area (Å²) in [5.74, 6) is 1.03. The quantitative estimate of drug-likeness (QED) is 0.730. The maximum atomic E-state index is 12.2. The molecule has 0 unspecified atom stereocenters. The first-order valence-electron chi connectivity index (χ1n) is 8.15. The van der Waals surface area contributed by atoms with Crippen LogP contribution in [0.15, 0.2) is 59.7 Å². The Morgan fingerprint density at radius 3 is 2.62 bits per heavy atom. The van der Waals surface area contributed by atoms with E-state index < -0.39 is 0 Å². The van der Waals surface area contributed by atoms with Crippen molar-refractivity contribution in [3.8, 4) is 0 Å². The van der Waals surface area contributed by atoms with Crippen LogP contribution in [0.3, 0.4) is 0 Å². The van der Waals surface area contributed by atoms with Gasteiger partial charge in [-0.05, 0) is 24.3 Å². The highest BCUT2D eigenvalue weighted by atomic mass is 16.1. The third-order valence-corrected chi connectivity index (χ3v) is 4.36. The SMILES string of the molecule is O=c1cc(CN2CCN(c3ccccn3)CC2)nc2ccccn12. The molecule has 0 bridgehead atoms. The van der Waals surface area contributed by atoms with Gasteiger partial charge in [-0.25, -0.2) is 9.97 Å². The second-order valence-corrected chi connectivity index (χ2v) is 5.97. The van der Waals surface area contributed by atoms with Gasteiger partial charge >= 0.3 is 0 Å². The van der Waals surface area contributed by atoms with Gasteiger partial charge in [0.05, 0.1) is 5.69 Å². The molecule has 0 radical (unpaired) electrons. The van der Waals surface area contributed by atoms with Gasteiger partial charge in [-0.2, -0.15) is 0 Å². The summed E-state index contributed by atoms with van der Waals surface area (Å²) in [5, 5.41) is 0. The molecule has 122 valence electrons. The van der Waals surface area contributed by atoms with Crippen molar-refractivity contribution in [2.75, 3.05) is 31.1 Å². The normalized spacial score (nSPS) is 15.8. The molecule has 0 aromatic carbocycles. The molecule has 0 amide bonds. The average Bonchev–Trinajstić information content (AvgIpc) is 2.63. The lowest BCUT2D eigenvalue weighted by atomic mass is 10.2. The van der Waals surface area contributed by atoms with Gasteiger partial charge in [0.25, 0.3) is 5.56 Å². The standard InChI is InChI=1S/C18H19N5O/c24-18-13-15(20-17-6-2-4-8-23(17)18)14-21-9-11-22(12-10-21)16-5-1-3-7-19-16/h1-8,13H,9-12,14H2. The lowest BCUT2D eigenvalue weighted by Crippen LogP contribution is -2.46. The van der Waals surface area contributed by atoms with Crippen LogP contribution in [-0.4, -0.2) is 45.4 Å². The molecular formula is C18H19N5O. The first-order valence-corrected chi connectivity index (χ1v) is 8.15. The van der Waals surface area contributed by atoms with Crippen molar-refractivity contribution in [3.05, 3.63) is 70.9 Å². The number of hydrogen-bond acceptors (Lipinski definition) is 5. The summed E-state index contributed by atoms with van der Waals surface area (Å²) in [6, 6.07) is 13.2. The molecule has 4 rings (SSSR count). The molecule has 1 saturated heterocycles. The molecule has 4 heterocycles. The zero-order valence-corrected chi connectivity index (χ0v) is 13.4. The fourth-order valence-corrected chi connectivity index (χ4v) is 3.09. The number of rotatable bonds is 3. The first kappa shape index (κ1) is 14.8. The van der Waals surface area contributed by atoms with Crippen LogP contribution in [0.25, 0.3) is 5.65 Å². The predicted molar refractivity (Wildman–Crippen MR) is 93.2 cm³/mol. The average molecular weight is 321 g/mol. The molecule has 1 aliphatic heterocycles. The zero-order valence-electron chi connectivity index (χ0n) is 13.4. The molecule has 3 aromatic rings. The van der Waals surface area contributed by atoms with Gasteiger partial charge in [0, 0.05) is 51.2 Å². The molecule has 3 aromatic heterocycles. The summed E-state index contributed by atoms with van der Waals surface area (Å²) in [5.41, 5.74) is 1.51. The fourth-order valence-electron chi connectivity index (χ4n) is 3.09. The Balaban J connectivity index is 1.45. The molecule has 1 fully saturated rings. The second-order valence-electron chi connectivity index (χ2n) is 5.97.